The zero-order valence-electron chi connectivity index (χ0n) is 11.9. The Morgan fingerprint density at radius 2 is 2.25 bits per heavy atom. The van der Waals surface area contributed by atoms with Crippen LogP contribution in [0.2, 0.25) is 0 Å². The largest absolute Gasteiger partial charge is 0.464 e. The molecule has 0 radical (unpaired) electrons. The Hall–Kier alpha value is -1.42. The van der Waals surface area contributed by atoms with Crippen molar-refractivity contribution >= 4 is 5.97 Å². The molecular weight excluding hydrogens is 259 g/mol. The number of epoxide rings is 1. The van der Waals surface area contributed by atoms with Crippen LogP contribution in [0.4, 0.5) is 4.39 Å². The van der Waals surface area contributed by atoms with Gasteiger partial charge in [-0.1, -0.05) is 25.5 Å². The van der Waals surface area contributed by atoms with E-state index in [0.29, 0.717) is 31.4 Å². The molecule has 0 saturated carbocycles. The molecule has 1 spiro atoms. The summed E-state index contributed by atoms with van der Waals surface area (Å²) in [5.41, 5.74) is -0.0440. The summed E-state index contributed by atoms with van der Waals surface area (Å²) in [6.45, 7) is 4.13. The van der Waals surface area contributed by atoms with Crippen LogP contribution < -0.4 is 0 Å². The molecule has 2 aliphatic rings. The fourth-order valence-electron chi connectivity index (χ4n) is 3.59. The maximum atomic E-state index is 13.9. The topological polar surface area (TPSA) is 38.8 Å². The molecule has 20 heavy (non-hydrogen) atoms. The number of hydrogen-bond donors (Lipinski definition) is 0. The van der Waals surface area contributed by atoms with Crippen LogP contribution in [0, 0.1) is 5.82 Å². The van der Waals surface area contributed by atoms with E-state index >= 15 is 0 Å². The normalized spacial score (nSPS) is 30.4. The van der Waals surface area contributed by atoms with Crippen molar-refractivity contribution in [3.8, 4) is 0 Å². The van der Waals surface area contributed by atoms with Gasteiger partial charge < -0.3 is 9.47 Å². The number of halogens is 1. The fourth-order valence-corrected chi connectivity index (χ4v) is 3.59. The molecule has 0 amide bonds. The smallest absolute Gasteiger partial charge is 0.341 e. The maximum Gasteiger partial charge on any atom is 0.341 e. The molecule has 1 aromatic carbocycles. The van der Waals surface area contributed by atoms with Gasteiger partial charge in [-0.25, -0.2) is 9.18 Å². The van der Waals surface area contributed by atoms with Gasteiger partial charge in [0.15, 0.2) is 5.60 Å². The first-order valence-corrected chi connectivity index (χ1v) is 7.26. The number of carbonyl (C=O) groups is 1. The van der Waals surface area contributed by atoms with Gasteiger partial charge in [0, 0.05) is 0 Å². The van der Waals surface area contributed by atoms with Crippen molar-refractivity contribution in [1.29, 1.82) is 0 Å². The predicted molar refractivity (Wildman–Crippen MR) is 71.8 cm³/mol. The Kier molecular flexibility index (Phi) is 3.09. The average Bonchev–Trinajstić information content (AvgIpc) is 2.91. The van der Waals surface area contributed by atoms with Gasteiger partial charge in [0.25, 0.3) is 0 Å². The third kappa shape index (κ3) is 1.57. The van der Waals surface area contributed by atoms with Gasteiger partial charge in [0.2, 0.25) is 0 Å². The van der Waals surface area contributed by atoms with Gasteiger partial charge in [0.05, 0.1) is 6.61 Å². The van der Waals surface area contributed by atoms with Gasteiger partial charge in [-0.05, 0) is 43.4 Å². The van der Waals surface area contributed by atoms with Crippen molar-refractivity contribution < 1.29 is 18.7 Å². The first-order chi connectivity index (χ1) is 9.61. The van der Waals surface area contributed by atoms with E-state index in [4.69, 9.17) is 9.47 Å². The molecule has 0 bridgehead atoms. The quantitative estimate of drug-likeness (QED) is 0.627. The SMILES string of the molecule is CCCC1(C(=O)OCC)OC12CCc1c(F)cccc12. The summed E-state index contributed by atoms with van der Waals surface area (Å²) in [6.07, 6.45) is 2.71. The summed E-state index contributed by atoms with van der Waals surface area (Å²) in [5, 5.41) is 0. The molecule has 1 heterocycles. The van der Waals surface area contributed by atoms with Gasteiger partial charge in [0.1, 0.15) is 11.4 Å². The van der Waals surface area contributed by atoms with Gasteiger partial charge in [-0.2, -0.15) is 0 Å². The zero-order chi connectivity index (χ0) is 14.4. The molecule has 1 aromatic rings. The summed E-state index contributed by atoms with van der Waals surface area (Å²) in [5.74, 6) is -0.511. The molecule has 1 saturated heterocycles. The summed E-state index contributed by atoms with van der Waals surface area (Å²) in [4.78, 5) is 12.3. The average molecular weight is 278 g/mol. The van der Waals surface area contributed by atoms with Crippen LogP contribution >= 0.6 is 0 Å². The number of hydrogen-bond acceptors (Lipinski definition) is 3. The van der Waals surface area contributed by atoms with Crippen LogP contribution in [0.5, 0.6) is 0 Å². The van der Waals surface area contributed by atoms with E-state index in [9.17, 15) is 9.18 Å². The number of benzene rings is 1. The maximum absolute atomic E-state index is 13.9. The molecule has 1 aliphatic carbocycles. The highest BCUT2D eigenvalue weighted by Crippen LogP contribution is 2.65. The number of ether oxygens (including phenoxy) is 2. The van der Waals surface area contributed by atoms with Crippen molar-refractivity contribution in [1.82, 2.24) is 0 Å². The Balaban J connectivity index is 2.01. The minimum absolute atomic E-state index is 0.205. The third-order valence-electron chi connectivity index (χ3n) is 4.45. The molecule has 0 aromatic heterocycles. The fraction of sp³-hybridized carbons (Fsp3) is 0.562. The van der Waals surface area contributed by atoms with E-state index in [2.05, 4.69) is 0 Å². The third-order valence-corrected chi connectivity index (χ3v) is 4.45. The first kappa shape index (κ1) is 13.6. The Morgan fingerprint density at radius 3 is 2.95 bits per heavy atom. The van der Waals surface area contributed by atoms with Crippen molar-refractivity contribution in [2.75, 3.05) is 6.61 Å². The molecule has 0 N–H and O–H groups in total. The van der Waals surface area contributed by atoms with Crippen LogP contribution in [-0.2, 0) is 26.3 Å². The van der Waals surface area contributed by atoms with Gasteiger partial charge in [-0.3, -0.25) is 0 Å². The molecule has 3 rings (SSSR count). The highest BCUT2D eigenvalue weighted by Gasteiger charge is 2.77. The lowest BCUT2D eigenvalue weighted by atomic mass is 9.84. The lowest BCUT2D eigenvalue weighted by Gasteiger charge is -2.15. The first-order valence-electron chi connectivity index (χ1n) is 7.26. The molecule has 2 unspecified atom stereocenters. The van der Waals surface area contributed by atoms with Crippen molar-refractivity contribution in [2.45, 2.75) is 50.7 Å². The Labute approximate surface area is 118 Å². The van der Waals surface area contributed by atoms with Crippen LogP contribution in [0.3, 0.4) is 0 Å². The Morgan fingerprint density at radius 1 is 1.45 bits per heavy atom. The molecule has 108 valence electrons. The Bertz CT molecular complexity index is 557. The summed E-state index contributed by atoms with van der Waals surface area (Å²) < 4.78 is 25.0. The standard InChI is InChI=1S/C16H19FO3/c1-3-9-16(14(18)19-4-2)15(20-16)10-8-11-12(15)6-5-7-13(11)17/h5-7H,3-4,8-10H2,1-2H3. The number of fused-ring (bicyclic) bond motifs is 2. The number of esters is 1. The molecule has 4 heteroatoms. The van der Waals surface area contributed by atoms with Crippen molar-refractivity contribution in [2.24, 2.45) is 0 Å². The number of carbonyl (C=O) groups excluding carboxylic acids is 1. The van der Waals surface area contributed by atoms with E-state index in [1.807, 2.05) is 13.0 Å². The lowest BCUT2D eigenvalue weighted by Crippen LogP contribution is -2.33. The minimum atomic E-state index is -0.906. The minimum Gasteiger partial charge on any atom is -0.464 e. The van der Waals surface area contributed by atoms with Crippen LogP contribution in [0.25, 0.3) is 0 Å². The van der Waals surface area contributed by atoms with Crippen molar-refractivity contribution in [3.05, 3.63) is 35.1 Å². The van der Waals surface area contributed by atoms with E-state index in [1.165, 1.54) is 6.07 Å². The molecule has 2 atom stereocenters. The summed E-state index contributed by atoms with van der Waals surface area (Å²) >= 11 is 0. The second kappa shape index (κ2) is 4.55. The van der Waals surface area contributed by atoms with Gasteiger partial charge in [-0.15, -0.1) is 0 Å². The highest BCUT2D eigenvalue weighted by atomic mass is 19.1. The molecular formula is C16H19FO3. The summed E-state index contributed by atoms with van der Waals surface area (Å²) in [6, 6.07) is 5.03. The van der Waals surface area contributed by atoms with E-state index < -0.39 is 11.2 Å². The summed E-state index contributed by atoms with van der Waals surface area (Å²) in [7, 11) is 0. The zero-order valence-corrected chi connectivity index (χ0v) is 11.9. The monoisotopic (exact) mass is 278 g/mol. The molecule has 1 aliphatic heterocycles. The van der Waals surface area contributed by atoms with Crippen molar-refractivity contribution in [3.63, 3.8) is 0 Å². The lowest BCUT2D eigenvalue weighted by molar-refractivity contribution is -0.149. The van der Waals surface area contributed by atoms with E-state index in [-0.39, 0.29) is 11.8 Å². The number of rotatable bonds is 4. The second-order valence-corrected chi connectivity index (χ2v) is 5.49. The van der Waals surface area contributed by atoms with E-state index in [0.717, 1.165) is 12.0 Å². The predicted octanol–water partition coefficient (Wildman–Crippen LogP) is 3.10. The highest BCUT2D eigenvalue weighted by molar-refractivity contribution is 5.86. The molecule has 3 nitrogen and oxygen atoms in total. The second-order valence-electron chi connectivity index (χ2n) is 5.49. The van der Waals surface area contributed by atoms with Crippen LogP contribution in [0.15, 0.2) is 18.2 Å². The van der Waals surface area contributed by atoms with Crippen LogP contribution in [-0.4, -0.2) is 18.2 Å². The van der Waals surface area contributed by atoms with Gasteiger partial charge >= 0.3 is 5.97 Å². The van der Waals surface area contributed by atoms with E-state index in [1.54, 1.807) is 13.0 Å². The van der Waals surface area contributed by atoms with Crippen LogP contribution in [0.1, 0.15) is 44.2 Å². The molecule has 1 fully saturated rings.